The summed E-state index contributed by atoms with van der Waals surface area (Å²) in [6.07, 6.45) is 3.09. The lowest BCUT2D eigenvalue weighted by Gasteiger charge is -2.05. The number of nitrogens with zero attached hydrogens (tertiary/aromatic N) is 2. The molecular formula is C11H6BrClF2N2. The highest BCUT2D eigenvalue weighted by molar-refractivity contribution is 9.10. The molecule has 0 saturated heterocycles. The van der Waals surface area contributed by atoms with Crippen molar-refractivity contribution in [1.82, 2.24) is 9.97 Å². The van der Waals surface area contributed by atoms with E-state index in [9.17, 15) is 8.78 Å². The Morgan fingerprint density at radius 3 is 2.41 bits per heavy atom. The van der Waals surface area contributed by atoms with Crippen LogP contribution in [0.25, 0.3) is 11.4 Å². The van der Waals surface area contributed by atoms with Crippen LogP contribution in [0.4, 0.5) is 8.78 Å². The number of hydrogen-bond donors (Lipinski definition) is 0. The average molecular weight is 320 g/mol. The van der Waals surface area contributed by atoms with Crippen LogP contribution in [0.2, 0.25) is 0 Å². The number of benzene rings is 1. The van der Waals surface area contributed by atoms with Crippen LogP contribution >= 0.6 is 27.5 Å². The lowest BCUT2D eigenvalue weighted by molar-refractivity contribution is 0.504. The van der Waals surface area contributed by atoms with E-state index < -0.39 is 11.6 Å². The van der Waals surface area contributed by atoms with E-state index >= 15 is 0 Å². The van der Waals surface area contributed by atoms with Crippen LogP contribution in [0.1, 0.15) is 5.56 Å². The molecule has 0 amide bonds. The molecule has 0 aliphatic heterocycles. The van der Waals surface area contributed by atoms with Gasteiger partial charge in [-0.2, -0.15) is 0 Å². The third-order valence-electron chi connectivity index (χ3n) is 2.14. The first-order valence-corrected chi connectivity index (χ1v) is 5.97. The summed E-state index contributed by atoms with van der Waals surface area (Å²) in [5.74, 6) is -1.26. The monoisotopic (exact) mass is 318 g/mol. The van der Waals surface area contributed by atoms with Crippen LogP contribution < -0.4 is 0 Å². The van der Waals surface area contributed by atoms with Crippen molar-refractivity contribution in [3.8, 4) is 11.4 Å². The topological polar surface area (TPSA) is 25.8 Å². The Bertz CT molecular complexity index is 546. The van der Waals surface area contributed by atoms with Gasteiger partial charge in [-0.05, 0) is 28.1 Å². The zero-order valence-electron chi connectivity index (χ0n) is 8.42. The number of hydrogen-bond acceptors (Lipinski definition) is 2. The molecule has 0 spiro atoms. The predicted molar refractivity (Wildman–Crippen MR) is 64.6 cm³/mol. The molecule has 2 rings (SSSR count). The van der Waals surface area contributed by atoms with Crippen LogP contribution in [0.3, 0.4) is 0 Å². The van der Waals surface area contributed by atoms with E-state index in [2.05, 4.69) is 25.9 Å². The molecule has 17 heavy (non-hydrogen) atoms. The van der Waals surface area contributed by atoms with E-state index in [1.54, 1.807) is 12.4 Å². The molecule has 0 atom stereocenters. The third kappa shape index (κ3) is 2.45. The summed E-state index contributed by atoms with van der Waals surface area (Å²) in [5, 5.41) is 0. The summed E-state index contributed by atoms with van der Waals surface area (Å²) in [4.78, 5) is 8.07. The van der Waals surface area contributed by atoms with Gasteiger partial charge in [0.1, 0.15) is 0 Å². The van der Waals surface area contributed by atoms with E-state index in [0.29, 0.717) is 17.3 Å². The Morgan fingerprint density at radius 2 is 1.82 bits per heavy atom. The summed E-state index contributed by atoms with van der Waals surface area (Å²) in [6.45, 7) is 0. The Morgan fingerprint density at radius 1 is 1.18 bits per heavy atom. The standard InChI is InChI=1S/C11H6BrClF2N2/c12-9-7(1-2-8(14)10(9)15)11-16-4-6(3-13)5-17-11/h1-2,4-5H,3H2. The summed E-state index contributed by atoms with van der Waals surface area (Å²) in [5.41, 5.74) is 1.15. The number of aromatic nitrogens is 2. The van der Waals surface area contributed by atoms with Crippen molar-refractivity contribution in [3.05, 3.63) is 46.2 Å². The van der Waals surface area contributed by atoms with Gasteiger partial charge < -0.3 is 0 Å². The zero-order valence-corrected chi connectivity index (χ0v) is 10.8. The van der Waals surface area contributed by atoms with Gasteiger partial charge in [0.15, 0.2) is 17.5 Å². The van der Waals surface area contributed by atoms with E-state index in [1.807, 2.05) is 0 Å². The molecule has 1 aromatic heterocycles. The third-order valence-corrected chi connectivity index (χ3v) is 3.22. The molecule has 2 aromatic rings. The van der Waals surface area contributed by atoms with Gasteiger partial charge in [0.25, 0.3) is 0 Å². The number of rotatable bonds is 2. The highest BCUT2D eigenvalue weighted by Crippen LogP contribution is 2.29. The molecule has 0 saturated carbocycles. The molecule has 1 aromatic carbocycles. The molecule has 0 aliphatic rings. The van der Waals surface area contributed by atoms with E-state index in [-0.39, 0.29) is 4.47 Å². The molecule has 6 heteroatoms. The highest BCUT2D eigenvalue weighted by atomic mass is 79.9. The zero-order chi connectivity index (χ0) is 12.4. The molecular weight excluding hydrogens is 313 g/mol. The minimum atomic E-state index is -0.951. The normalized spacial score (nSPS) is 10.6. The average Bonchev–Trinajstić information content (AvgIpc) is 2.36. The Labute approximate surface area is 110 Å². The van der Waals surface area contributed by atoms with E-state index in [0.717, 1.165) is 11.6 Å². The van der Waals surface area contributed by atoms with Crippen molar-refractivity contribution >= 4 is 27.5 Å². The van der Waals surface area contributed by atoms with Gasteiger partial charge in [0.05, 0.1) is 10.4 Å². The first kappa shape index (κ1) is 12.4. The second kappa shape index (κ2) is 5.06. The number of alkyl halides is 1. The van der Waals surface area contributed by atoms with Crippen molar-refractivity contribution < 1.29 is 8.78 Å². The van der Waals surface area contributed by atoms with Gasteiger partial charge in [0.2, 0.25) is 0 Å². The maximum absolute atomic E-state index is 13.3. The van der Waals surface area contributed by atoms with Gasteiger partial charge in [-0.15, -0.1) is 11.6 Å². The molecule has 2 nitrogen and oxygen atoms in total. The van der Waals surface area contributed by atoms with Gasteiger partial charge >= 0.3 is 0 Å². The Kier molecular flexibility index (Phi) is 3.69. The smallest absolute Gasteiger partial charge is 0.173 e. The molecule has 0 N–H and O–H groups in total. The molecule has 1 heterocycles. The van der Waals surface area contributed by atoms with Crippen LogP contribution in [-0.2, 0) is 5.88 Å². The fourth-order valence-electron chi connectivity index (χ4n) is 1.26. The van der Waals surface area contributed by atoms with Crippen LogP contribution in [0, 0.1) is 11.6 Å². The van der Waals surface area contributed by atoms with Crippen LogP contribution in [-0.4, -0.2) is 9.97 Å². The minimum absolute atomic E-state index is 0.0103. The molecule has 0 bridgehead atoms. The Balaban J connectivity index is 2.49. The summed E-state index contributed by atoms with van der Waals surface area (Å²) in [6, 6.07) is 2.45. The van der Waals surface area contributed by atoms with Crippen molar-refractivity contribution in [2.24, 2.45) is 0 Å². The largest absolute Gasteiger partial charge is 0.236 e. The van der Waals surface area contributed by atoms with Gasteiger partial charge in [-0.3, -0.25) is 0 Å². The molecule has 88 valence electrons. The lowest BCUT2D eigenvalue weighted by atomic mass is 10.2. The van der Waals surface area contributed by atoms with Crippen molar-refractivity contribution in [3.63, 3.8) is 0 Å². The molecule has 0 unspecified atom stereocenters. The predicted octanol–water partition coefficient (Wildman–Crippen LogP) is 3.92. The van der Waals surface area contributed by atoms with Gasteiger partial charge in [0, 0.05) is 23.5 Å². The molecule has 0 radical (unpaired) electrons. The maximum atomic E-state index is 13.3. The lowest BCUT2D eigenvalue weighted by Crippen LogP contribution is -1.94. The summed E-state index contributed by atoms with van der Waals surface area (Å²) >= 11 is 8.59. The first-order valence-electron chi connectivity index (χ1n) is 4.64. The minimum Gasteiger partial charge on any atom is -0.236 e. The van der Waals surface area contributed by atoms with Gasteiger partial charge in [-0.25, -0.2) is 18.7 Å². The van der Waals surface area contributed by atoms with E-state index in [1.165, 1.54) is 6.07 Å². The highest BCUT2D eigenvalue weighted by Gasteiger charge is 2.14. The Hall–Kier alpha value is -1.07. The van der Waals surface area contributed by atoms with E-state index in [4.69, 9.17) is 11.6 Å². The quantitative estimate of drug-likeness (QED) is 0.619. The summed E-state index contributed by atoms with van der Waals surface area (Å²) in [7, 11) is 0. The van der Waals surface area contributed by atoms with Crippen molar-refractivity contribution in [2.75, 3.05) is 0 Å². The van der Waals surface area contributed by atoms with Crippen molar-refractivity contribution in [1.29, 1.82) is 0 Å². The van der Waals surface area contributed by atoms with Gasteiger partial charge in [-0.1, -0.05) is 0 Å². The fraction of sp³-hybridized carbons (Fsp3) is 0.0909. The fourth-order valence-corrected chi connectivity index (χ4v) is 1.90. The SMILES string of the molecule is Fc1ccc(-c2ncc(CCl)cn2)c(Br)c1F. The van der Waals surface area contributed by atoms with Crippen molar-refractivity contribution in [2.45, 2.75) is 5.88 Å². The van der Waals surface area contributed by atoms with Crippen LogP contribution in [0.5, 0.6) is 0 Å². The molecule has 0 aliphatic carbocycles. The van der Waals surface area contributed by atoms with Crippen LogP contribution in [0.15, 0.2) is 29.0 Å². The maximum Gasteiger partial charge on any atom is 0.173 e. The second-order valence-corrected chi connectivity index (χ2v) is 4.33. The molecule has 0 fully saturated rings. The summed E-state index contributed by atoms with van der Waals surface area (Å²) < 4.78 is 26.3. The second-order valence-electron chi connectivity index (χ2n) is 3.27. The first-order chi connectivity index (χ1) is 8.13. The number of halogens is 4.